The maximum Gasteiger partial charge on any atom is 0.243 e. The van der Waals surface area contributed by atoms with Crippen LogP contribution in [-0.2, 0) is 16.6 Å². The van der Waals surface area contributed by atoms with E-state index in [0.29, 0.717) is 24.6 Å². The van der Waals surface area contributed by atoms with Crippen molar-refractivity contribution in [3.05, 3.63) is 84.1 Å². The highest BCUT2D eigenvalue weighted by Crippen LogP contribution is 2.32. The zero-order valence-corrected chi connectivity index (χ0v) is 19.7. The molecule has 2 aromatic heterocycles. The number of benzene rings is 2. The summed E-state index contributed by atoms with van der Waals surface area (Å²) in [7, 11) is -2.05. The highest BCUT2D eigenvalue weighted by atomic mass is 32.2. The average Bonchev–Trinajstić information content (AvgIpc) is 3.40. The molecule has 0 amide bonds. The van der Waals surface area contributed by atoms with Gasteiger partial charge in [0.05, 0.1) is 28.2 Å². The Hall–Kier alpha value is -2.90. The van der Waals surface area contributed by atoms with Crippen molar-refractivity contribution < 1.29 is 12.8 Å². The van der Waals surface area contributed by atoms with Crippen LogP contribution in [0.2, 0.25) is 0 Å². The quantitative estimate of drug-likeness (QED) is 0.360. The molecule has 1 unspecified atom stereocenters. The van der Waals surface area contributed by atoms with E-state index >= 15 is 0 Å². The lowest BCUT2D eigenvalue weighted by Crippen LogP contribution is -2.32. The molecule has 2 heterocycles. The zero-order chi connectivity index (χ0) is 22.9. The Balaban J connectivity index is 1.59. The molecule has 32 heavy (non-hydrogen) atoms. The molecule has 0 N–H and O–H groups in total. The van der Waals surface area contributed by atoms with E-state index in [1.807, 2.05) is 49.4 Å². The lowest BCUT2D eigenvalue weighted by molar-refractivity contribution is 0.280. The number of aromatic nitrogens is 2. The Morgan fingerprint density at radius 2 is 1.75 bits per heavy atom. The van der Waals surface area contributed by atoms with Crippen LogP contribution >= 0.6 is 0 Å². The van der Waals surface area contributed by atoms with Gasteiger partial charge in [-0.3, -0.25) is 0 Å². The number of fused-ring (bicyclic) bond motifs is 1. The third kappa shape index (κ3) is 4.36. The van der Waals surface area contributed by atoms with E-state index in [0.717, 1.165) is 22.4 Å². The molecule has 2 aromatic carbocycles. The number of aryl methyl sites for hydroxylation is 1. The normalized spacial score (nSPS) is 13.3. The third-order valence-electron chi connectivity index (χ3n) is 5.79. The van der Waals surface area contributed by atoms with Crippen LogP contribution in [0.25, 0.3) is 11.0 Å². The number of rotatable bonds is 8. The minimum atomic E-state index is -3.68. The first-order valence-corrected chi connectivity index (χ1v) is 12.2. The number of hydrogen-bond acceptors (Lipinski definition) is 4. The molecule has 168 valence electrons. The van der Waals surface area contributed by atoms with Crippen LogP contribution in [0.5, 0.6) is 0 Å². The van der Waals surface area contributed by atoms with Crippen molar-refractivity contribution in [2.45, 2.75) is 44.7 Å². The van der Waals surface area contributed by atoms with Gasteiger partial charge in [0.15, 0.2) is 0 Å². The standard InChI is InChI=1S/C25H29N3O3S/c1-18(2)16-24(25-10-7-15-31-25)27(4)32(29,30)21-13-11-20(12-14-21)17-28-19(3)26-22-8-5-6-9-23(22)28/h5-15,18,24H,16-17H2,1-4H3. The fourth-order valence-electron chi connectivity index (χ4n) is 4.05. The Labute approximate surface area is 189 Å². The van der Waals surface area contributed by atoms with Crippen molar-refractivity contribution in [3.8, 4) is 0 Å². The summed E-state index contributed by atoms with van der Waals surface area (Å²) in [5.41, 5.74) is 3.04. The molecule has 0 saturated heterocycles. The minimum absolute atomic E-state index is 0.274. The summed E-state index contributed by atoms with van der Waals surface area (Å²) < 4.78 is 35.9. The lowest BCUT2D eigenvalue weighted by atomic mass is 10.0. The molecule has 0 bridgehead atoms. The van der Waals surface area contributed by atoms with Crippen LogP contribution in [0, 0.1) is 12.8 Å². The van der Waals surface area contributed by atoms with Gasteiger partial charge in [-0.15, -0.1) is 0 Å². The Kier molecular flexibility index (Phi) is 6.22. The molecule has 0 aliphatic heterocycles. The molecule has 0 aliphatic carbocycles. The number of para-hydroxylation sites is 2. The molecule has 6 nitrogen and oxygen atoms in total. The topological polar surface area (TPSA) is 68.3 Å². The van der Waals surface area contributed by atoms with Gasteiger partial charge >= 0.3 is 0 Å². The second-order valence-electron chi connectivity index (χ2n) is 8.56. The monoisotopic (exact) mass is 451 g/mol. The predicted octanol–water partition coefficient (Wildman–Crippen LogP) is 5.39. The van der Waals surface area contributed by atoms with Crippen LogP contribution in [0.1, 0.15) is 43.5 Å². The number of sulfonamides is 1. The largest absolute Gasteiger partial charge is 0.468 e. The van der Waals surface area contributed by atoms with E-state index in [1.54, 1.807) is 31.5 Å². The fourth-order valence-corrected chi connectivity index (χ4v) is 5.39. The second-order valence-corrected chi connectivity index (χ2v) is 10.6. The van der Waals surface area contributed by atoms with E-state index < -0.39 is 10.0 Å². The van der Waals surface area contributed by atoms with Crippen LogP contribution in [0.15, 0.2) is 76.2 Å². The summed E-state index contributed by atoms with van der Waals surface area (Å²) in [4.78, 5) is 4.88. The first kappa shape index (κ1) is 22.3. The van der Waals surface area contributed by atoms with Crippen LogP contribution in [0.3, 0.4) is 0 Å². The molecule has 4 aromatic rings. The fraction of sp³-hybridized carbons (Fsp3) is 0.320. The summed E-state index contributed by atoms with van der Waals surface area (Å²) in [6.45, 7) is 6.77. The molecule has 1 atom stereocenters. The second kappa shape index (κ2) is 8.92. The van der Waals surface area contributed by atoms with Gasteiger partial charge in [-0.2, -0.15) is 4.31 Å². The van der Waals surface area contributed by atoms with Crippen molar-refractivity contribution in [3.63, 3.8) is 0 Å². The molecule has 0 radical (unpaired) electrons. The number of hydrogen-bond donors (Lipinski definition) is 0. The molecule has 0 aliphatic rings. The van der Waals surface area contributed by atoms with E-state index in [-0.39, 0.29) is 10.9 Å². The van der Waals surface area contributed by atoms with Crippen LogP contribution < -0.4 is 0 Å². The highest BCUT2D eigenvalue weighted by molar-refractivity contribution is 7.89. The number of imidazole rings is 1. The van der Waals surface area contributed by atoms with Crippen molar-refractivity contribution in [1.29, 1.82) is 0 Å². The first-order chi connectivity index (χ1) is 15.3. The Bertz CT molecular complexity index is 1290. The summed E-state index contributed by atoms with van der Waals surface area (Å²) in [5, 5.41) is 0. The molecular formula is C25H29N3O3S. The molecular weight excluding hydrogens is 422 g/mol. The van der Waals surface area contributed by atoms with E-state index in [9.17, 15) is 8.42 Å². The molecule has 7 heteroatoms. The smallest absolute Gasteiger partial charge is 0.243 e. The predicted molar refractivity (Wildman–Crippen MR) is 126 cm³/mol. The molecule has 4 rings (SSSR count). The SMILES string of the molecule is Cc1nc2ccccc2n1Cc1ccc(S(=O)(=O)N(C)C(CC(C)C)c2ccco2)cc1. The summed E-state index contributed by atoms with van der Waals surface area (Å²) in [5.74, 6) is 1.90. The number of furan rings is 1. The van der Waals surface area contributed by atoms with Gasteiger partial charge in [-0.25, -0.2) is 13.4 Å². The van der Waals surface area contributed by atoms with Crippen molar-refractivity contribution >= 4 is 21.1 Å². The third-order valence-corrected chi connectivity index (χ3v) is 7.67. The van der Waals surface area contributed by atoms with Gasteiger partial charge < -0.3 is 8.98 Å². The van der Waals surface area contributed by atoms with Crippen LogP contribution in [-0.4, -0.2) is 29.3 Å². The van der Waals surface area contributed by atoms with Crippen molar-refractivity contribution in [2.75, 3.05) is 7.05 Å². The maximum atomic E-state index is 13.4. The highest BCUT2D eigenvalue weighted by Gasteiger charge is 2.31. The molecule has 0 saturated carbocycles. The minimum Gasteiger partial charge on any atom is -0.468 e. The van der Waals surface area contributed by atoms with Gasteiger partial charge in [0.2, 0.25) is 10.0 Å². The molecule has 0 fully saturated rings. The van der Waals surface area contributed by atoms with Crippen LogP contribution in [0.4, 0.5) is 0 Å². The van der Waals surface area contributed by atoms with Gasteiger partial charge in [0, 0.05) is 13.6 Å². The van der Waals surface area contributed by atoms with Gasteiger partial charge in [-0.1, -0.05) is 38.1 Å². The lowest BCUT2D eigenvalue weighted by Gasteiger charge is -2.27. The first-order valence-electron chi connectivity index (χ1n) is 10.8. The van der Waals surface area contributed by atoms with E-state index in [2.05, 4.69) is 23.4 Å². The maximum absolute atomic E-state index is 13.4. The van der Waals surface area contributed by atoms with Crippen molar-refractivity contribution in [1.82, 2.24) is 13.9 Å². The molecule has 0 spiro atoms. The van der Waals surface area contributed by atoms with Gasteiger partial charge in [0.25, 0.3) is 0 Å². The van der Waals surface area contributed by atoms with Gasteiger partial charge in [-0.05, 0) is 61.2 Å². The zero-order valence-electron chi connectivity index (χ0n) is 18.9. The van der Waals surface area contributed by atoms with E-state index in [1.165, 1.54) is 4.31 Å². The summed E-state index contributed by atoms with van der Waals surface area (Å²) >= 11 is 0. The van der Waals surface area contributed by atoms with Gasteiger partial charge in [0.1, 0.15) is 11.6 Å². The summed E-state index contributed by atoms with van der Waals surface area (Å²) in [6.07, 6.45) is 2.26. The summed E-state index contributed by atoms with van der Waals surface area (Å²) in [6, 6.07) is 18.4. The van der Waals surface area contributed by atoms with E-state index in [4.69, 9.17) is 4.42 Å². The van der Waals surface area contributed by atoms with Crippen molar-refractivity contribution in [2.24, 2.45) is 5.92 Å². The Morgan fingerprint density at radius 1 is 1.03 bits per heavy atom. The average molecular weight is 452 g/mol. The number of nitrogens with zero attached hydrogens (tertiary/aromatic N) is 3. The Morgan fingerprint density at radius 3 is 2.41 bits per heavy atom.